The summed E-state index contributed by atoms with van der Waals surface area (Å²) >= 11 is 0. The number of carbonyl (C=O) groups is 1. The number of carbonyl (C=O) groups excluding carboxylic acids is 1. The standard InChI is InChI=1S/C22H20F2N6O2.C15H17N5O/c1-29-20(6-7-26-29)17-13-16(3-5-21(17)32-11-10-30-9-8-25-14-30)27-22(31)28-19-4-2-15(23)12-18(19)24;1-19-14(4-5-18-19)13-10-12(16)2-3-15(13)21-9-8-20-7-6-17-11-20/h2-9,12-14H,10-11H2,1H3,(H2,27,28,31);2-7,10-11H,8-9,16H2,1H3. The Balaban J connectivity index is 0.000000198. The van der Waals surface area contributed by atoms with Gasteiger partial charge >= 0.3 is 6.03 Å². The van der Waals surface area contributed by atoms with Crippen LogP contribution in [-0.2, 0) is 27.2 Å². The monoisotopic (exact) mass is 721 g/mol. The van der Waals surface area contributed by atoms with Gasteiger partial charge < -0.3 is 35.0 Å². The van der Waals surface area contributed by atoms with Gasteiger partial charge in [-0.2, -0.15) is 10.2 Å². The van der Waals surface area contributed by atoms with Gasteiger partial charge in [-0.15, -0.1) is 0 Å². The lowest BCUT2D eigenvalue weighted by atomic mass is 10.1. The summed E-state index contributed by atoms with van der Waals surface area (Å²) in [4.78, 5) is 20.3. The van der Waals surface area contributed by atoms with Gasteiger partial charge in [0.25, 0.3) is 0 Å². The molecule has 0 aliphatic rings. The molecule has 7 aromatic rings. The highest BCUT2D eigenvalue weighted by molar-refractivity contribution is 6.00. The Labute approximate surface area is 303 Å². The fourth-order valence-corrected chi connectivity index (χ4v) is 5.32. The van der Waals surface area contributed by atoms with Crippen molar-refractivity contribution >= 4 is 23.1 Å². The second-order valence-electron chi connectivity index (χ2n) is 11.6. The van der Waals surface area contributed by atoms with Crippen molar-refractivity contribution in [2.24, 2.45) is 14.1 Å². The molecule has 2 amide bonds. The molecule has 0 saturated heterocycles. The normalized spacial score (nSPS) is 10.7. The fraction of sp³-hybridized carbons (Fsp3) is 0.162. The number of nitrogen functional groups attached to an aromatic ring is 1. The molecular formula is C37H37F2N11O3. The van der Waals surface area contributed by atoms with Crippen LogP contribution in [-0.4, -0.2) is 57.9 Å². The highest BCUT2D eigenvalue weighted by Crippen LogP contribution is 2.33. The Morgan fingerprint density at radius 1 is 0.717 bits per heavy atom. The van der Waals surface area contributed by atoms with Crippen molar-refractivity contribution in [2.45, 2.75) is 13.1 Å². The van der Waals surface area contributed by atoms with E-state index in [0.717, 1.165) is 46.9 Å². The van der Waals surface area contributed by atoms with Gasteiger partial charge in [0, 0.05) is 79.8 Å². The summed E-state index contributed by atoms with van der Waals surface area (Å²) in [5.41, 5.74) is 10.4. The number of benzene rings is 3. The third kappa shape index (κ3) is 9.43. The van der Waals surface area contributed by atoms with E-state index in [1.54, 1.807) is 72.1 Å². The molecule has 4 aromatic heterocycles. The Morgan fingerprint density at radius 3 is 1.83 bits per heavy atom. The van der Waals surface area contributed by atoms with Gasteiger partial charge in [-0.3, -0.25) is 9.36 Å². The van der Waals surface area contributed by atoms with Crippen LogP contribution >= 0.6 is 0 Å². The smallest absolute Gasteiger partial charge is 0.323 e. The van der Waals surface area contributed by atoms with E-state index in [0.29, 0.717) is 42.9 Å². The quantitative estimate of drug-likeness (QED) is 0.125. The minimum atomic E-state index is -0.864. The highest BCUT2D eigenvalue weighted by Gasteiger charge is 2.14. The van der Waals surface area contributed by atoms with Crippen LogP contribution in [0.3, 0.4) is 0 Å². The SMILES string of the molecule is Cn1nccc1-c1cc(N)ccc1OCCn1ccnc1.Cn1nccc1-c1cc(NC(=O)Nc2ccc(F)cc2F)ccc1OCCn1ccnc1. The first-order chi connectivity index (χ1) is 25.7. The molecule has 16 heteroatoms. The number of aromatic nitrogens is 8. The zero-order valence-electron chi connectivity index (χ0n) is 28.9. The van der Waals surface area contributed by atoms with Gasteiger partial charge in [0.2, 0.25) is 0 Å². The van der Waals surface area contributed by atoms with Crippen LogP contribution in [0.15, 0.2) is 117 Å². The number of aryl methyl sites for hydroxylation is 2. The van der Waals surface area contributed by atoms with Gasteiger partial charge in [-0.25, -0.2) is 23.5 Å². The average molecular weight is 722 g/mol. The first-order valence-corrected chi connectivity index (χ1v) is 16.4. The number of nitrogens with zero attached hydrogens (tertiary/aromatic N) is 8. The molecule has 0 spiro atoms. The lowest BCUT2D eigenvalue weighted by molar-refractivity contribution is 0.262. The lowest BCUT2D eigenvalue weighted by Crippen LogP contribution is -2.20. The summed E-state index contributed by atoms with van der Waals surface area (Å²) in [7, 11) is 3.70. The van der Waals surface area contributed by atoms with Crippen LogP contribution < -0.4 is 25.8 Å². The number of urea groups is 1. The van der Waals surface area contributed by atoms with E-state index in [1.165, 1.54) is 0 Å². The third-order valence-corrected chi connectivity index (χ3v) is 7.95. The molecule has 53 heavy (non-hydrogen) atoms. The number of halogens is 2. The minimum absolute atomic E-state index is 0.129. The van der Waals surface area contributed by atoms with Crippen LogP contribution in [0.1, 0.15) is 0 Å². The number of hydrogen-bond acceptors (Lipinski definition) is 8. The van der Waals surface area contributed by atoms with E-state index < -0.39 is 17.7 Å². The summed E-state index contributed by atoms with van der Waals surface area (Å²) in [5.74, 6) is -0.174. The number of amides is 2. The molecule has 0 atom stereocenters. The molecule has 0 saturated carbocycles. The largest absolute Gasteiger partial charge is 0.491 e. The molecule has 4 heterocycles. The summed E-state index contributed by atoms with van der Waals surface area (Å²) in [6.07, 6.45) is 14.1. The Hall–Kier alpha value is -6.97. The third-order valence-electron chi connectivity index (χ3n) is 7.95. The number of nitrogens with two attached hydrogens (primary N) is 1. The Kier molecular flexibility index (Phi) is 11.4. The first kappa shape index (κ1) is 35.8. The van der Waals surface area contributed by atoms with Crippen LogP contribution in [0.2, 0.25) is 0 Å². The molecule has 272 valence electrons. The molecule has 0 bridgehead atoms. The summed E-state index contributed by atoms with van der Waals surface area (Å²) < 4.78 is 46.1. The van der Waals surface area contributed by atoms with E-state index in [-0.39, 0.29) is 5.69 Å². The maximum atomic E-state index is 13.8. The first-order valence-electron chi connectivity index (χ1n) is 16.4. The average Bonchev–Trinajstić information content (AvgIpc) is 3.98. The second kappa shape index (κ2) is 16.8. The number of rotatable bonds is 12. The molecule has 14 nitrogen and oxygen atoms in total. The van der Waals surface area contributed by atoms with Crippen molar-refractivity contribution in [3.8, 4) is 34.0 Å². The molecule has 0 radical (unpaired) electrons. The van der Waals surface area contributed by atoms with Gasteiger partial charge in [-0.1, -0.05) is 0 Å². The van der Waals surface area contributed by atoms with E-state index in [2.05, 4.69) is 30.8 Å². The molecular weight excluding hydrogens is 684 g/mol. The van der Waals surface area contributed by atoms with Crippen molar-refractivity contribution in [3.63, 3.8) is 0 Å². The molecule has 0 fully saturated rings. The van der Waals surface area contributed by atoms with Crippen molar-refractivity contribution in [1.29, 1.82) is 0 Å². The summed E-state index contributed by atoms with van der Waals surface area (Å²) in [6, 6.07) is 16.8. The van der Waals surface area contributed by atoms with Crippen molar-refractivity contribution < 1.29 is 23.0 Å². The van der Waals surface area contributed by atoms with Gasteiger partial charge in [0.1, 0.15) is 36.3 Å². The van der Waals surface area contributed by atoms with Crippen LogP contribution in [0.5, 0.6) is 11.5 Å². The zero-order chi connectivity index (χ0) is 37.2. The molecule has 0 aliphatic heterocycles. The van der Waals surface area contributed by atoms with Crippen LogP contribution in [0, 0.1) is 11.6 Å². The van der Waals surface area contributed by atoms with Crippen molar-refractivity contribution in [2.75, 3.05) is 29.6 Å². The minimum Gasteiger partial charge on any atom is -0.491 e. The van der Waals surface area contributed by atoms with Crippen molar-refractivity contribution in [1.82, 2.24) is 38.7 Å². The van der Waals surface area contributed by atoms with Crippen LogP contribution in [0.4, 0.5) is 30.6 Å². The number of anilines is 3. The number of imidazole rings is 2. The van der Waals surface area contributed by atoms with E-state index >= 15 is 0 Å². The zero-order valence-corrected chi connectivity index (χ0v) is 28.9. The molecule has 0 aliphatic carbocycles. The maximum absolute atomic E-state index is 13.8. The van der Waals surface area contributed by atoms with Gasteiger partial charge in [0.15, 0.2) is 0 Å². The molecule has 3 aromatic carbocycles. The van der Waals surface area contributed by atoms with Crippen LogP contribution in [0.25, 0.3) is 22.5 Å². The van der Waals surface area contributed by atoms with Gasteiger partial charge in [0.05, 0.1) is 42.8 Å². The fourth-order valence-electron chi connectivity index (χ4n) is 5.32. The summed E-state index contributed by atoms with van der Waals surface area (Å²) in [5, 5.41) is 13.4. The number of nitrogens with one attached hydrogen (secondary N) is 2. The maximum Gasteiger partial charge on any atom is 0.323 e. The van der Waals surface area contributed by atoms with Crippen molar-refractivity contribution in [3.05, 3.63) is 128 Å². The molecule has 4 N–H and O–H groups in total. The summed E-state index contributed by atoms with van der Waals surface area (Å²) in [6.45, 7) is 2.34. The lowest BCUT2D eigenvalue weighted by Gasteiger charge is -2.15. The Morgan fingerprint density at radius 2 is 1.30 bits per heavy atom. The number of ether oxygens (including phenoxy) is 2. The van der Waals surface area contributed by atoms with E-state index in [9.17, 15) is 13.6 Å². The predicted octanol–water partition coefficient (Wildman–Crippen LogP) is 6.23. The predicted molar refractivity (Wildman–Crippen MR) is 196 cm³/mol. The highest BCUT2D eigenvalue weighted by atomic mass is 19.1. The second-order valence-corrected chi connectivity index (χ2v) is 11.6. The van der Waals surface area contributed by atoms with E-state index in [4.69, 9.17) is 15.2 Å². The Bertz CT molecular complexity index is 2250. The molecule has 7 rings (SSSR count). The molecule has 0 unspecified atom stereocenters. The van der Waals surface area contributed by atoms with E-state index in [1.807, 2.05) is 58.9 Å². The topological polar surface area (TPSA) is 157 Å². The number of hydrogen-bond donors (Lipinski definition) is 3. The van der Waals surface area contributed by atoms with Gasteiger partial charge in [-0.05, 0) is 60.7 Å².